The van der Waals surface area contributed by atoms with Gasteiger partial charge >= 0.3 is 11.7 Å². The molecule has 1 atom stereocenters. The third-order valence-electron chi connectivity index (χ3n) is 4.36. The van der Waals surface area contributed by atoms with E-state index < -0.39 is 23.1 Å². The summed E-state index contributed by atoms with van der Waals surface area (Å²) in [5.74, 6) is -1.23. The second-order valence-corrected chi connectivity index (χ2v) is 6.11. The molecule has 2 aromatic rings. The lowest BCUT2D eigenvalue weighted by Gasteiger charge is -2.28. The molecule has 0 aliphatic carbocycles. The molecule has 146 valence electrons. The van der Waals surface area contributed by atoms with Crippen LogP contribution in [-0.4, -0.2) is 34.8 Å². The van der Waals surface area contributed by atoms with Crippen molar-refractivity contribution in [3.05, 3.63) is 74.1 Å². The van der Waals surface area contributed by atoms with Crippen molar-refractivity contribution in [2.75, 3.05) is 19.0 Å². The number of carbonyl (C=O) groups is 1. The number of carbonyl (C=O) groups excluding carboxylic acids is 1. The summed E-state index contributed by atoms with van der Waals surface area (Å²) in [4.78, 5) is 41.7. The molecule has 2 heterocycles. The van der Waals surface area contributed by atoms with Gasteiger partial charge in [-0.25, -0.2) is 9.59 Å². The number of allylic oxidation sites excluding steroid dienone is 1. The maximum atomic E-state index is 12.7. The number of H-pyrrole nitrogens is 2. The number of hydrogen-bond donors (Lipinski definition) is 4. The summed E-state index contributed by atoms with van der Waals surface area (Å²) in [6.45, 7) is 5.15. The Labute approximate surface area is 159 Å². The Hall–Kier alpha value is -3.75. The van der Waals surface area contributed by atoms with E-state index in [9.17, 15) is 19.5 Å². The van der Waals surface area contributed by atoms with Crippen molar-refractivity contribution in [3.8, 4) is 11.5 Å². The van der Waals surface area contributed by atoms with E-state index in [4.69, 9.17) is 9.47 Å². The molecule has 1 aromatic carbocycles. The molecule has 0 spiro atoms. The molecule has 4 N–H and O–H groups in total. The van der Waals surface area contributed by atoms with Crippen LogP contribution in [0.25, 0.3) is 0 Å². The number of anilines is 1. The highest BCUT2D eigenvalue weighted by Crippen LogP contribution is 2.41. The average molecular weight is 385 g/mol. The number of aromatic amines is 2. The number of phenolic OH excluding ortho intramolecular Hbond substituents is 1. The van der Waals surface area contributed by atoms with Gasteiger partial charge in [-0.2, -0.15) is 0 Å². The van der Waals surface area contributed by atoms with E-state index >= 15 is 0 Å². The van der Waals surface area contributed by atoms with E-state index in [1.165, 1.54) is 25.3 Å². The van der Waals surface area contributed by atoms with Crippen LogP contribution in [0.4, 0.5) is 5.82 Å². The number of ether oxygens (including phenoxy) is 2. The number of phenols is 1. The first-order chi connectivity index (χ1) is 13.4. The summed E-state index contributed by atoms with van der Waals surface area (Å²) < 4.78 is 10.3. The first-order valence-corrected chi connectivity index (χ1v) is 8.36. The maximum Gasteiger partial charge on any atom is 0.337 e. The fourth-order valence-electron chi connectivity index (χ4n) is 3.18. The fourth-order valence-corrected chi connectivity index (χ4v) is 3.18. The van der Waals surface area contributed by atoms with Crippen molar-refractivity contribution >= 4 is 11.8 Å². The van der Waals surface area contributed by atoms with Crippen LogP contribution in [0.3, 0.4) is 0 Å². The lowest BCUT2D eigenvalue weighted by Crippen LogP contribution is -2.35. The van der Waals surface area contributed by atoms with Gasteiger partial charge in [0.2, 0.25) is 0 Å². The Morgan fingerprint density at radius 2 is 2.07 bits per heavy atom. The number of benzene rings is 1. The zero-order valence-electron chi connectivity index (χ0n) is 15.3. The number of rotatable bonds is 5. The van der Waals surface area contributed by atoms with E-state index in [-0.39, 0.29) is 35.1 Å². The van der Waals surface area contributed by atoms with Gasteiger partial charge in [-0.1, -0.05) is 18.7 Å². The second-order valence-electron chi connectivity index (χ2n) is 6.11. The number of fused-ring (bicyclic) bond motifs is 1. The normalized spacial score (nSPS) is 15.4. The summed E-state index contributed by atoms with van der Waals surface area (Å²) in [6.07, 6.45) is 1.43. The number of methoxy groups -OCH3 is 1. The number of esters is 1. The molecular weight excluding hydrogens is 366 g/mol. The van der Waals surface area contributed by atoms with E-state index in [0.717, 1.165) is 0 Å². The SMILES string of the molecule is C=CCOC(=O)C1=C(C)Nc2[nH]c(=O)[nH]c(=O)c2C1c1ccc(O)c(OC)c1. The highest BCUT2D eigenvalue weighted by molar-refractivity contribution is 5.94. The number of aromatic nitrogens is 2. The molecule has 1 aliphatic heterocycles. The second kappa shape index (κ2) is 7.47. The van der Waals surface area contributed by atoms with E-state index in [0.29, 0.717) is 11.3 Å². The predicted octanol–water partition coefficient (Wildman–Crippen LogP) is 1.34. The van der Waals surface area contributed by atoms with Crippen LogP contribution in [0.15, 0.2) is 51.7 Å². The molecule has 28 heavy (non-hydrogen) atoms. The van der Waals surface area contributed by atoms with Crippen LogP contribution in [0.2, 0.25) is 0 Å². The first-order valence-electron chi connectivity index (χ1n) is 8.36. The third-order valence-corrected chi connectivity index (χ3v) is 4.36. The lowest BCUT2D eigenvalue weighted by molar-refractivity contribution is -0.138. The number of aromatic hydroxyl groups is 1. The lowest BCUT2D eigenvalue weighted by atomic mass is 9.82. The summed E-state index contributed by atoms with van der Waals surface area (Å²) in [6, 6.07) is 4.49. The molecule has 3 rings (SSSR count). The predicted molar refractivity (Wildman–Crippen MR) is 102 cm³/mol. The van der Waals surface area contributed by atoms with Gasteiger partial charge in [0.1, 0.15) is 12.4 Å². The summed E-state index contributed by atoms with van der Waals surface area (Å²) >= 11 is 0. The quantitative estimate of drug-likeness (QED) is 0.451. The van der Waals surface area contributed by atoms with E-state index in [1.54, 1.807) is 13.0 Å². The van der Waals surface area contributed by atoms with Gasteiger partial charge in [0.05, 0.1) is 24.2 Å². The number of hydrogen-bond acceptors (Lipinski definition) is 7. The van der Waals surface area contributed by atoms with Gasteiger partial charge in [0.15, 0.2) is 11.5 Å². The average Bonchev–Trinajstić information content (AvgIpc) is 2.65. The molecule has 0 bridgehead atoms. The zero-order chi connectivity index (χ0) is 20.4. The van der Waals surface area contributed by atoms with Crippen molar-refractivity contribution in [1.29, 1.82) is 0 Å². The van der Waals surface area contributed by atoms with Crippen LogP contribution in [0.1, 0.15) is 24.0 Å². The monoisotopic (exact) mass is 385 g/mol. The van der Waals surface area contributed by atoms with Crippen LogP contribution in [0.5, 0.6) is 11.5 Å². The Morgan fingerprint density at radius 1 is 1.32 bits per heavy atom. The smallest absolute Gasteiger partial charge is 0.337 e. The molecule has 1 aliphatic rings. The topological polar surface area (TPSA) is 134 Å². The standard InChI is InChI=1S/C19H19N3O6/c1-4-7-28-18(25)13-9(2)20-16-15(17(24)22-19(26)21-16)14(13)10-5-6-11(23)12(8-10)27-3/h4-6,8,14,23H,1,7H2,2-3H3,(H3,20,21,22,24,26). The minimum Gasteiger partial charge on any atom is -0.504 e. The van der Waals surface area contributed by atoms with Gasteiger partial charge in [0.25, 0.3) is 5.56 Å². The Balaban J connectivity index is 2.27. The van der Waals surface area contributed by atoms with Crippen LogP contribution < -0.4 is 21.3 Å². The summed E-state index contributed by atoms with van der Waals surface area (Å²) in [5.41, 5.74) is -0.0728. The molecule has 9 heteroatoms. The summed E-state index contributed by atoms with van der Waals surface area (Å²) in [7, 11) is 1.39. The third kappa shape index (κ3) is 3.29. The Kier molecular flexibility index (Phi) is 5.08. The van der Waals surface area contributed by atoms with Crippen LogP contribution >= 0.6 is 0 Å². The van der Waals surface area contributed by atoms with Crippen molar-refractivity contribution < 1.29 is 19.4 Å². The largest absolute Gasteiger partial charge is 0.504 e. The molecule has 0 saturated carbocycles. The van der Waals surface area contributed by atoms with Gasteiger partial charge in [0, 0.05) is 5.70 Å². The number of nitrogens with one attached hydrogen (secondary N) is 3. The highest BCUT2D eigenvalue weighted by atomic mass is 16.5. The molecule has 0 saturated heterocycles. The van der Waals surface area contributed by atoms with E-state index in [2.05, 4.69) is 21.9 Å². The maximum absolute atomic E-state index is 12.7. The first kappa shape index (κ1) is 19.0. The molecule has 0 fully saturated rings. The van der Waals surface area contributed by atoms with Crippen LogP contribution in [0, 0.1) is 0 Å². The molecule has 0 amide bonds. The molecule has 0 radical (unpaired) electrons. The summed E-state index contributed by atoms with van der Waals surface area (Å²) in [5, 5.41) is 12.8. The van der Waals surface area contributed by atoms with E-state index in [1.807, 2.05) is 0 Å². The minimum absolute atomic E-state index is 0.00390. The fraction of sp³-hybridized carbons (Fsp3) is 0.211. The molecular formula is C19H19N3O6. The van der Waals surface area contributed by atoms with Crippen molar-refractivity contribution in [2.45, 2.75) is 12.8 Å². The van der Waals surface area contributed by atoms with Crippen molar-refractivity contribution in [1.82, 2.24) is 9.97 Å². The van der Waals surface area contributed by atoms with Crippen LogP contribution in [-0.2, 0) is 9.53 Å². The Bertz CT molecular complexity index is 1100. The van der Waals surface area contributed by atoms with Gasteiger partial charge in [-0.15, -0.1) is 0 Å². The highest BCUT2D eigenvalue weighted by Gasteiger charge is 2.36. The van der Waals surface area contributed by atoms with Gasteiger partial charge in [-0.05, 0) is 24.6 Å². The van der Waals surface area contributed by atoms with Crippen molar-refractivity contribution in [2.24, 2.45) is 0 Å². The van der Waals surface area contributed by atoms with Crippen molar-refractivity contribution in [3.63, 3.8) is 0 Å². The minimum atomic E-state index is -0.858. The molecule has 1 aromatic heterocycles. The molecule has 9 nitrogen and oxygen atoms in total. The zero-order valence-corrected chi connectivity index (χ0v) is 15.3. The Morgan fingerprint density at radius 3 is 2.75 bits per heavy atom. The van der Waals surface area contributed by atoms with Gasteiger partial charge in [-0.3, -0.25) is 14.8 Å². The molecule has 1 unspecified atom stereocenters. The van der Waals surface area contributed by atoms with Gasteiger partial charge < -0.3 is 19.9 Å².